The summed E-state index contributed by atoms with van der Waals surface area (Å²) >= 11 is 0. The van der Waals surface area contributed by atoms with Crippen LogP contribution in [0.3, 0.4) is 0 Å². The summed E-state index contributed by atoms with van der Waals surface area (Å²) < 4.78 is 11.5. The number of fused-ring (bicyclic) bond motifs is 2. The van der Waals surface area contributed by atoms with E-state index in [9.17, 15) is 9.59 Å². The van der Waals surface area contributed by atoms with Crippen LogP contribution >= 0.6 is 0 Å². The monoisotopic (exact) mass is 421 g/mol. The lowest BCUT2D eigenvalue weighted by Crippen LogP contribution is -2.44. The largest absolute Gasteiger partial charge is 0.492 e. The minimum absolute atomic E-state index is 0.00603. The number of carbonyl (C=O) groups excluding carboxylic acids is 2. The number of ether oxygens (including phenoxy) is 2. The van der Waals surface area contributed by atoms with Gasteiger partial charge in [0.1, 0.15) is 11.4 Å². The predicted molar refractivity (Wildman–Crippen MR) is 120 cm³/mol. The minimum atomic E-state index is -0.436. The molecule has 2 aromatic carbocycles. The van der Waals surface area contributed by atoms with Crippen molar-refractivity contribution in [1.82, 2.24) is 4.90 Å². The molecular weight excluding hydrogens is 390 g/mol. The number of rotatable bonds is 5. The van der Waals surface area contributed by atoms with E-state index in [2.05, 4.69) is 11.0 Å². The molecule has 1 saturated heterocycles. The lowest BCUT2D eigenvalue weighted by atomic mass is 9.74. The van der Waals surface area contributed by atoms with Gasteiger partial charge in [-0.15, -0.1) is 0 Å². The van der Waals surface area contributed by atoms with Gasteiger partial charge in [-0.25, -0.2) is 0 Å². The van der Waals surface area contributed by atoms with Crippen LogP contribution in [0.4, 0.5) is 0 Å². The summed E-state index contributed by atoms with van der Waals surface area (Å²) in [5.74, 6) is 0.715. The maximum Gasteiger partial charge on any atom is 0.307 e. The number of carbonyl (C=O) groups is 2. The smallest absolute Gasteiger partial charge is 0.307 e. The van der Waals surface area contributed by atoms with Crippen LogP contribution in [0.25, 0.3) is 0 Å². The average molecular weight is 422 g/mol. The van der Waals surface area contributed by atoms with Gasteiger partial charge in [0.25, 0.3) is 0 Å². The van der Waals surface area contributed by atoms with Crippen molar-refractivity contribution in [2.24, 2.45) is 0 Å². The molecule has 31 heavy (non-hydrogen) atoms. The van der Waals surface area contributed by atoms with Gasteiger partial charge in [0, 0.05) is 28.7 Å². The second-order valence-electron chi connectivity index (χ2n) is 9.65. The number of piperidine rings is 1. The van der Waals surface area contributed by atoms with E-state index in [4.69, 9.17) is 9.47 Å². The molecule has 2 aliphatic rings. The lowest BCUT2D eigenvalue weighted by molar-refractivity contribution is -0.155. The van der Waals surface area contributed by atoms with Crippen LogP contribution in [-0.4, -0.2) is 48.5 Å². The Bertz CT molecular complexity index is 953. The first-order chi connectivity index (χ1) is 14.8. The van der Waals surface area contributed by atoms with Gasteiger partial charge in [0.2, 0.25) is 0 Å². The standard InChI is InChI=1S/C26H31NO4/c1-25(2,3)31-23(28)11-14-27-15-12-26(13-16-27)18-30-22-17-20(9-10-21(22)26)24(29)19-7-5-4-6-8-19/h4-10,17H,11-16,18H2,1-3H3. The van der Waals surface area contributed by atoms with Crippen molar-refractivity contribution in [2.75, 3.05) is 26.2 Å². The molecule has 2 heterocycles. The first-order valence-corrected chi connectivity index (χ1v) is 11.1. The quantitative estimate of drug-likeness (QED) is 0.530. The highest BCUT2D eigenvalue weighted by atomic mass is 16.6. The molecule has 164 valence electrons. The maximum atomic E-state index is 12.8. The highest BCUT2D eigenvalue weighted by Gasteiger charge is 2.43. The number of hydrogen-bond acceptors (Lipinski definition) is 5. The molecule has 0 bridgehead atoms. The van der Waals surface area contributed by atoms with Gasteiger partial charge >= 0.3 is 5.97 Å². The SMILES string of the molecule is CC(C)(C)OC(=O)CCN1CCC2(CC1)COc1cc(C(=O)c3ccccc3)ccc12. The third-order valence-corrected chi connectivity index (χ3v) is 6.22. The van der Waals surface area contributed by atoms with Gasteiger partial charge in [-0.05, 0) is 52.8 Å². The molecule has 0 aliphatic carbocycles. The molecule has 0 amide bonds. The molecule has 2 aliphatic heterocycles. The molecule has 1 fully saturated rings. The fourth-order valence-corrected chi connectivity index (χ4v) is 4.53. The summed E-state index contributed by atoms with van der Waals surface area (Å²) in [6.07, 6.45) is 2.39. The van der Waals surface area contributed by atoms with Crippen LogP contribution in [0, 0.1) is 0 Å². The van der Waals surface area contributed by atoms with E-state index in [1.807, 2.05) is 63.2 Å². The summed E-state index contributed by atoms with van der Waals surface area (Å²) in [6.45, 7) is 8.92. The first-order valence-electron chi connectivity index (χ1n) is 11.1. The van der Waals surface area contributed by atoms with E-state index >= 15 is 0 Å². The number of ketones is 1. The van der Waals surface area contributed by atoms with Crippen molar-refractivity contribution in [3.63, 3.8) is 0 Å². The van der Waals surface area contributed by atoms with Crippen LogP contribution in [0.1, 0.15) is 61.5 Å². The number of esters is 1. The summed E-state index contributed by atoms with van der Waals surface area (Å²) in [6, 6.07) is 15.2. The Hall–Kier alpha value is -2.66. The van der Waals surface area contributed by atoms with E-state index in [0.29, 0.717) is 24.2 Å². The normalized spacial score (nSPS) is 17.8. The van der Waals surface area contributed by atoms with E-state index in [0.717, 1.165) is 38.2 Å². The van der Waals surface area contributed by atoms with Crippen LogP contribution in [0.2, 0.25) is 0 Å². The molecule has 5 nitrogen and oxygen atoms in total. The van der Waals surface area contributed by atoms with Gasteiger partial charge in [0.15, 0.2) is 5.78 Å². The zero-order valence-electron chi connectivity index (χ0n) is 18.6. The highest BCUT2D eigenvalue weighted by Crippen LogP contribution is 2.46. The molecule has 0 aromatic heterocycles. The molecule has 0 unspecified atom stereocenters. The highest BCUT2D eigenvalue weighted by molar-refractivity contribution is 6.09. The van der Waals surface area contributed by atoms with Crippen LogP contribution in [0.15, 0.2) is 48.5 Å². The minimum Gasteiger partial charge on any atom is -0.492 e. The molecule has 2 aromatic rings. The molecule has 0 atom stereocenters. The molecule has 5 heteroatoms. The zero-order valence-corrected chi connectivity index (χ0v) is 18.6. The van der Waals surface area contributed by atoms with E-state index in [1.54, 1.807) is 0 Å². The van der Waals surface area contributed by atoms with Crippen molar-refractivity contribution in [2.45, 2.75) is 51.0 Å². The third-order valence-electron chi connectivity index (χ3n) is 6.22. The van der Waals surface area contributed by atoms with Crippen molar-refractivity contribution >= 4 is 11.8 Å². The molecule has 0 N–H and O–H groups in total. The Morgan fingerprint density at radius 2 is 1.74 bits per heavy atom. The third kappa shape index (κ3) is 4.82. The fraction of sp³-hybridized carbons (Fsp3) is 0.462. The van der Waals surface area contributed by atoms with Crippen molar-refractivity contribution in [1.29, 1.82) is 0 Å². The second-order valence-corrected chi connectivity index (χ2v) is 9.65. The Kier molecular flexibility index (Phi) is 5.89. The lowest BCUT2D eigenvalue weighted by Gasteiger charge is -2.38. The average Bonchev–Trinajstić information content (AvgIpc) is 3.10. The van der Waals surface area contributed by atoms with Crippen molar-refractivity contribution < 1.29 is 19.1 Å². The predicted octanol–water partition coefficient (Wildman–Crippen LogP) is 4.38. The number of hydrogen-bond donors (Lipinski definition) is 0. The summed E-state index contributed by atoms with van der Waals surface area (Å²) in [5, 5.41) is 0. The molecule has 0 saturated carbocycles. The van der Waals surface area contributed by atoms with E-state index in [-0.39, 0.29) is 17.2 Å². The zero-order chi connectivity index (χ0) is 22.1. The topological polar surface area (TPSA) is 55.8 Å². The Labute approximate surface area is 184 Å². The van der Waals surface area contributed by atoms with Crippen molar-refractivity contribution in [3.05, 3.63) is 65.2 Å². The summed E-state index contributed by atoms with van der Waals surface area (Å²) in [4.78, 5) is 27.1. The van der Waals surface area contributed by atoms with Crippen LogP contribution < -0.4 is 4.74 Å². The molecular formula is C26H31NO4. The van der Waals surface area contributed by atoms with Gasteiger partial charge in [-0.2, -0.15) is 0 Å². The van der Waals surface area contributed by atoms with Crippen LogP contribution in [0.5, 0.6) is 5.75 Å². The molecule has 1 spiro atoms. The number of benzene rings is 2. The van der Waals surface area contributed by atoms with E-state index < -0.39 is 5.60 Å². The Morgan fingerprint density at radius 3 is 2.42 bits per heavy atom. The Morgan fingerprint density at radius 1 is 1.03 bits per heavy atom. The van der Waals surface area contributed by atoms with Crippen LogP contribution in [-0.2, 0) is 14.9 Å². The molecule has 4 rings (SSSR count). The van der Waals surface area contributed by atoms with E-state index in [1.165, 1.54) is 5.56 Å². The fourth-order valence-electron chi connectivity index (χ4n) is 4.53. The van der Waals surface area contributed by atoms with Gasteiger partial charge < -0.3 is 14.4 Å². The summed E-state index contributed by atoms with van der Waals surface area (Å²) in [5.41, 5.74) is 2.13. The van der Waals surface area contributed by atoms with Crippen molar-refractivity contribution in [3.8, 4) is 5.75 Å². The maximum absolute atomic E-state index is 12.8. The Balaban J connectivity index is 1.38. The van der Waals surface area contributed by atoms with Gasteiger partial charge in [0.05, 0.1) is 13.0 Å². The number of nitrogens with zero attached hydrogens (tertiary/aromatic N) is 1. The second kappa shape index (κ2) is 8.46. The van der Waals surface area contributed by atoms with Gasteiger partial charge in [-0.3, -0.25) is 9.59 Å². The first kappa shape index (κ1) is 21.6. The summed E-state index contributed by atoms with van der Waals surface area (Å²) in [7, 11) is 0. The number of likely N-dealkylation sites (tertiary alicyclic amines) is 1. The van der Waals surface area contributed by atoms with Gasteiger partial charge in [-0.1, -0.05) is 42.5 Å². The molecule has 0 radical (unpaired) electrons.